The molecule has 5 nitrogen and oxygen atoms in total. The van der Waals surface area contributed by atoms with Crippen molar-refractivity contribution in [3.8, 4) is 0 Å². The maximum atomic E-state index is 12.9. The molecule has 2 N–H and O–H groups in total. The van der Waals surface area contributed by atoms with Crippen LogP contribution in [0.3, 0.4) is 0 Å². The molecule has 1 aromatic heterocycles. The third-order valence-corrected chi connectivity index (χ3v) is 4.85. The van der Waals surface area contributed by atoms with Crippen LogP contribution < -0.4 is 10.6 Å². The fourth-order valence-corrected chi connectivity index (χ4v) is 3.09. The molecule has 0 saturated heterocycles. The van der Waals surface area contributed by atoms with Crippen molar-refractivity contribution in [2.24, 2.45) is 0 Å². The summed E-state index contributed by atoms with van der Waals surface area (Å²) in [6.45, 7) is 1.93. The molecular formula is C22H17ClN4O. The van der Waals surface area contributed by atoms with E-state index < -0.39 is 0 Å². The highest BCUT2D eigenvalue weighted by Crippen LogP contribution is 2.28. The average molecular weight is 389 g/mol. The molecule has 6 heteroatoms. The van der Waals surface area contributed by atoms with Gasteiger partial charge in [-0.05, 0) is 55.0 Å². The van der Waals surface area contributed by atoms with E-state index >= 15 is 0 Å². The zero-order valence-electron chi connectivity index (χ0n) is 15.1. The van der Waals surface area contributed by atoms with Gasteiger partial charge in [0.1, 0.15) is 0 Å². The number of nitrogens with zero attached hydrogens (tertiary/aromatic N) is 2. The number of aromatic nitrogens is 2. The zero-order valence-corrected chi connectivity index (χ0v) is 15.9. The Labute approximate surface area is 167 Å². The number of carbonyl (C=O) groups is 1. The van der Waals surface area contributed by atoms with E-state index in [1.165, 1.54) is 0 Å². The molecule has 0 saturated carbocycles. The molecule has 0 unspecified atom stereocenters. The molecule has 28 heavy (non-hydrogen) atoms. The average Bonchev–Trinajstić information content (AvgIpc) is 2.71. The lowest BCUT2D eigenvalue weighted by atomic mass is 10.1. The fraction of sp³-hybridized carbons (Fsp3) is 0.0455. The molecule has 0 atom stereocenters. The van der Waals surface area contributed by atoms with Gasteiger partial charge in [0.15, 0.2) is 0 Å². The molecule has 0 aliphatic carbocycles. The van der Waals surface area contributed by atoms with Gasteiger partial charge in [0, 0.05) is 28.8 Å². The normalized spacial score (nSPS) is 10.6. The van der Waals surface area contributed by atoms with Crippen LogP contribution in [0.4, 0.5) is 17.1 Å². The Bertz CT molecular complexity index is 1180. The van der Waals surface area contributed by atoms with Gasteiger partial charge in [0.2, 0.25) is 0 Å². The monoisotopic (exact) mass is 388 g/mol. The largest absolute Gasteiger partial charge is 0.355 e. The molecular weight excluding hydrogens is 372 g/mol. The fourth-order valence-electron chi connectivity index (χ4n) is 2.92. The Morgan fingerprint density at radius 1 is 0.893 bits per heavy atom. The molecule has 0 aliphatic rings. The van der Waals surface area contributed by atoms with Crippen LogP contribution in [0.5, 0.6) is 0 Å². The number of halogens is 1. The lowest BCUT2D eigenvalue weighted by Gasteiger charge is -2.14. The second-order valence-electron chi connectivity index (χ2n) is 6.30. The number of para-hydroxylation sites is 1. The third-order valence-electron chi connectivity index (χ3n) is 4.44. The smallest absolute Gasteiger partial charge is 0.257 e. The topological polar surface area (TPSA) is 66.9 Å². The first kappa shape index (κ1) is 17.9. The number of fused-ring (bicyclic) bond motifs is 1. The first-order valence-electron chi connectivity index (χ1n) is 8.75. The van der Waals surface area contributed by atoms with E-state index in [-0.39, 0.29) is 5.91 Å². The number of nitrogens with one attached hydrogen (secondary N) is 2. The summed E-state index contributed by atoms with van der Waals surface area (Å²) in [4.78, 5) is 21.4. The van der Waals surface area contributed by atoms with E-state index in [9.17, 15) is 4.79 Å². The van der Waals surface area contributed by atoms with Crippen LogP contribution in [-0.4, -0.2) is 15.9 Å². The van der Waals surface area contributed by atoms with Crippen molar-refractivity contribution in [1.29, 1.82) is 0 Å². The van der Waals surface area contributed by atoms with E-state index in [2.05, 4.69) is 20.6 Å². The summed E-state index contributed by atoms with van der Waals surface area (Å²) >= 11 is 6.21. The van der Waals surface area contributed by atoms with Crippen molar-refractivity contribution in [2.45, 2.75) is 6.92 Å². The van der Waals surface area contributed by atoms with Gasteiger partial charge in [0.25, 0.3) is 5.91 Å². The first-order chi connectivity index (χ1) is 13.6. The van der Waals surface area contributed by atoms with Crippen LogP contribution in [0.1, 0.15) is 15.9 Å². The molecule has 4 aromatic rings. The van der Waals surface area contributed by atoms with Crippen LogP contribution in [0, 0.1) is 6.92 Å². The molecule has 3 aromatic carbocycles. The van der Waals surface area contributed by atoms with Crippen molar-refractivity contribution in [3.05, 3.63) is 89.2 Å². The van der Waals surface area contributed by atoms with Crippen LogP contribution in [0.15, 0.2) is 73.1 Å². The van der Waals surface area contributed by atoms with E-state index in [1.54, 1.807) is 24.5 Å². The van der Waals surface area contributed by atoms with Gasteiger partial charge in [-0.25, -0.2) is 0 Å². The van der Waals surface area contributed by atoms with Gasteiger partial charge >= 0.3 is 0 Å². The van der Waals surface area contributed by atoms with Gasteiger partial charge in [-0.1, -0.05) is 29.8 Å². The zero-order chi connectivity index (χ0) is 19.5. The summed E-state index contributed by atoms with van der Waals surface area (Å²) in [5.41, 5.74) is 5.17. The summed E-state index contributed by atoms with van der Waals surface area (Å²) in [7, 11) is 0. The van der Waals surface area contributed by atoms with Crippen LogP contribution in [0.2, 0.25) is 5.02 Å². The second-order valence-corrected chi connectivity index (χ2v) is 6.70. The van der Waals surface area contributed by atoms with E-state index in [1.807, 2.05) is 55.5 Å². The van der Waals surface area contributed by atoms with Gasteiger partial charge in [-0.2, -0.15) is 0 Å². The van der Waals surface area contributed by atoms with Crippen molar-refractivity contribution >= 4 is 45.6 Å². The summed E-state index contributed by atoms with van der Waals surface area (Å²) in [5, 5.41) is 6.91. The van der Waals surface area contributed by atoms with Crippen LogP contribution >= 0.6 is 11.6 Å². The van der Waals surface area contributed by atoms with Gasteiger partial charge in [-0.15, -0.1) is 0 Å². The minimum Gasteiger partial charge on any atom is -0.355 e. The van der Waals surface area contributed by atoms with Crippen LogP contribution in [0.25, 0.3) is 11.0 Å². The molecule has 0 spiro atoms. The van der Waals surface area contributed by atoms with Crippen molar-refractivity contribution in [3.63, 3.8) is 0 Å². The lowest BCUT2D eigenvalue weighted by molar-refractivity contribution is 0.102. The molecule has 0 aliphatic heterocycles. The van der Waals surface area contributed by atoms with Gasteiger partial charge in [0.05, 0.1) is 22.3 Å². The quantitative estimate of drug-likeness (QED) is 0.478. The molecule has 0 bridgehead atoms. The number of benzene rings is 3. The number of carbonyl (C=O) groups excluding carboxylic acids is 1. The number of amides is 1. The first-order valence-corrected chi connectivity index (χ1v) is 9.13. The number of rotatable bonds is 4. The molecule has 0 radical (unpaired) electrons. The molecule has 4 rings (SSSR count). The molecule has 1 amide bonds. The van der Waals surface area contributed by atoms with Crippen LogP contribution in [-0.2, 0) is 0 Å². The highest BCUT2D eigenvalue weighted by molar-refractivity contribution is 6.31. The highest BCUT2D eigenvalue weighted by atomic mass is 35.5. The Morgan fingerprint density at radius 2 is 1.64 bits per heavy atom. The predicted molar refractivity (Wildman–Crippen MR) is 113 cm³/mol. The molecule has 138 valence electrons. The Hall–Kier alpha value is -3.44. The van der Waals surface area contributed by atoms with E-state index in [0.29, 0.717) is 22.0 Å². The summed E-state index contributed by atoms with van der Waals surface area (Å²) in [6, 6.07) is 18.4. The highest BCUT2D eigenvalue weighted by Gasteiger charge is 2.13. The van der Waals surface area contributed by atoms with Crippen molar-refractivity contribution < 1.29 is 4.79 Å². The Kier molecular flexibility index (Phi) is 4.91. The standard InChI is InChI=1S/C22H17ClN4O/c1-14-17(23)6-4-8-18(14)27-19-7-3-2-5-16(19)22(28)26-15-9-10-20-21(13-15)25-12-11-24-20/h2-13,27H,1H3,(H,26,28). The summed E-state index contributed by atoms with van der Waals surface area (Å²) < 4.78 is 0. The lowest BCUT2D eigenvalue weighted by Crippen LogP contribution is -2.14. The Balaban J connectivity index is 1.61. The number of hydrogen-bond acceptors (Lipinski definition) is 4. The number of anilines is 3. The second kappa shape index (κ2) is 7.66. The molecule has 1 heterocycles. The maximum absolute atomic E-state index is 12.9. The summed E-state index contributed by atoms with van der Waals surface area (Å²) in [5.74, 6) is -0.217. The van der Waals surface area contributed by atoms with E-state index in [4.69, 9.17) is 11.6 Å². The van der Waals surface area contributed by atoms with E-state index in [0.717, 1.165) is 22.3 Å². The minimum atomic E-state index is -0.217. The number of hydrogen-bond donors (Lipinski definition) is 2. The van der Waals surface area contributed by atoms with Gasteiger partial charge < -0.3 is 10.6 Å². The molecule has 0 fully saturated rings. The van der Waals surface area contributed by atoms with Crippen molar-refractivity contribution in [1.82, 2.24) is 9.97 Å². The SMILES string of the molecule is Cc1c(Cl)cccc1Nc1ccccc1C(=O)Nc1ccc2nccnc2c1. The predicted octanol–water partition coefficient (Wildman–Crippen LogP) is 5.59. The van der Waals surface area contributed by atoms with Gasteiger partial charge in [-0.3, -0.25) is 14.8 Å². The Morgan fingerprint density at radius 3 is 2.50 bits per heavy atom. The minimum absolute atomic E-state index is 0.217. The van der Waals surface area contributed by atoms with Crippen molar-refractivity contribution in [2.75, 3.05) is 10.6 Å². The maximum Gasteiger partial charge on any atom is 0.257 e. The third kappa shape index (κ3) is 3.66. The summed E-state index contributed by atoms with van der Waals surface area (Å²) in [6.07, 6.45) is 3.26.